The van der Waals surface area contributed by atoms with E-state index >= 15 is 0 Å². The highest BCUT2D eigenvalue weighted by Gasteiger charge is 2.41. The van der Waals surface area contributed by atoms with Crippen molar-refractivity contribution in [2.24, 2.45) is 0 Å². The van der Waals surface area contributed by atoms with Gasteiger partial charge in [-0.1, -0.05) is 18.2 Å². The van der Waals surface area contributed by atoms with Crippen LogP contribution in [0.4, 0.5) is 0 Å². The van der Waals surface area contributed by atoms with Crippen molar-refractivity contribution in [3.8, 4) is 0 Å². The molecule has 0 aliphatic carbocycles. The van der Waals surface area contributed by atoms with Gasteiger partial charge < -0.3 is 4.74 Å². The van der Waals surface area contributed by atoms with Crippen molar-refractivity contribution < 1.29 is 23.9 Å². The predicted octanol–water partition coefficient (Wildman–Crippen LogP) is 3.41. The van der Waals surface area contributed by atoms with Crippen LogP contribution in [-0.4, -0.2) is 40.6 Å². The topological polar surface area (TPSA) is 80.8 Å². The highest BCUT2D eigenvalue weighted by atomic mass is 16.5. The molecule has 2 aromatic carbocycles. The zero-order valence-corrected chi connectivity index (χ0v) is 17.1. The SMILES string of the molecule is Cc1cc(C)c(C(=O)[C@H](C)OC(=O)[C@@H](C)N2C(=O)c3ccccc3C2=O)cc1C. The standard InChI is InChI=1S/C23H23NO5/c1-12-10-14(3)19(11-13(12)2)20(25)16(5)29-23(28)15(4)24-21(26)17-8-6-7-9-18(17)22(24)27/h6-11,15-16H,1-5H3/t15-,16+/m1/s1. The molecule has 6 nitrogen and oxygen atoms in total. The highest BCUT2D eigenvalue weighted by Crippen LogP contribution is 2.25. The lowest BCUT2D eigenvalue weighted by Crippen LogP contribution is -2.45. The first-order valence-electron chi connectivity index (χ1n) is 9.43. The molecular weight excluding hydrogens is 370 g/mol. The summed E-state index contributed by atoms with van der Waals surface area (Å²) in [5.74, 6) is -2.21. The van der Waals surface area contributed by atoms with Gasteiger partial charge in [0.1, 0.15) is 6.04 Å². The predicted molar refractivity (Wildman–Crippen MR) is 107 cm³/mol. The molecule has 2 atom stereocenters. The Labute approximate surface area is 169 Å². The van der Waals surface area contributed by atoms with Gasteiger partial charge in [-0.3, -0.25) is 19.3 Å². The third kappa shape index (κ3) is 3.58. The molecule has 0 saturated heterocycles. The number of amides is 2. The molecule has 150 valence electrons. The van der Waals surface area contributed by atoms with E-state index in [4.69, 9.17) is 4.74 Å². The maximum Gasteiger partial charge on any atom is 0.329 e. The number of nitrogens with zero attached hydrogens (tertiary/aromatic N) is 1. The summed E-state index contributed by atoms with van der Waals surface area (Å²) in [6, 6.07) is 8.96. The molecule has 1 heterocycles. The van der Waals surface area contributed by atoms with Crippen molar-refractivity contribution in [1.82, 2.24) is 4.90 Å². The van der Waals surface area contributed by atoms with Crippen LogP contribution in [0.25, 0.3) is 0 Å². The number of rotatable bonds is 5. The molecule has 3 rings (SSSR count). The number of carbonyl (C=O) groups is 4. The summed E-state index contributed by atoms with van der Waals surface area (Å²) in [5.41, 5.74) is 3.84. The van der Waals surface area contributed by atoms with Gasteiger partial charge in [0.05, 0.1) is 11.1 Å². The van der Waals surface area contributed by atoms with Crippen LogP contribution < -0.4 is 0 Å². The van der Waals surface area contributed by atoms with E-state index in [-0.39, 0.29) is 16.9 Å². The largest absolute Gasteiger partial charge is 0.453 e. The maximum absolute atomic E-state index is 12.8. The van der Waals surface area contributed by atoms with Gasteiger partial charge in [0.15, 0.2) is 6.10 Å². The van der Waals surface area contributed by atoms with Crippen LogP contribution in [0.1, 0.15) is 61.6 Å². The van der Waals surface area contributed by atoms with Crippen molar-refractivity contribution in [2.75, 3.05) is 0 Å². The molecule has 1 aliphatic rings. The normalized spacial score (nSPS) is 15.1. The molecule has 0 saturated carbocycles. The Balaban J connectivity index is 1.75. The third-order valence-electron chi connectivity index (χ3n) is 5.32. The van der Waals surface area contributed by atoms with Crippen molar-refractivity contribution in [3.63, 3.8) is 0 Å². The molecule has 0 fully saturated rings. The van der Waals surface area contributed by atoms with Crippen molar-refractivity contribution >= 4 is 23.6 Å². The first kappa shape index (κ1) is 20.5. The third-order valence-corrected chi connectivity index (χ3v) is 5.32. The van der Waals surface area contributed by atoms with Crippen molar-refractivity contribution in [2.45, 2.75) is 46.8 Å². The number of hydrogen-bond donors (Lipinski definition) is 0. The number of aryl methyl sites for hydroxylation is 3. The lowest BCUT2D eigenvalue weighted by atomic mass is 9.96. The van der Waals surface area contributed by atoms with Gasteiger partial charge >= 0.3 is 5.97 Å². The Morgan fingerprint density at radius 3 is 1.93 bits per heavy atom. The highest BCUT2D eigenvalue weighted by molar-refractivity contribution is 6.22. The van der Waals surface area contributed by atoms with Crippen LogP contribution in [0.2, 0.25) is 0 Å². The number of esters is 1. The lowest BCUT2D eigenvalue weighted by molar-refractivity contribution is -0.150. The first-order chi connectivity index (χ1) is 13.6. The number of hydrogen-bond acceptors (Lipinski definition) is 5. The molecule has 0 N–H and O–H groups in total. The monoisotopic (exact) mass is 393 g/mol. The fraction of sp³-hybridized carbons (Fsp3) is 0.304. The van der Waals surface area contributed by atoms with Crippen LogP contribution in [-0.2, 0) is 9.53 Å². The molecule has 1 aliphatic heterocycles. The summed E-state index contributed by atoms with van der Waals surface area (Å²) in [4.78, 5) is 51.4. The van der Waals surface area contributed by atoms with Crippen LogP contribution in [0.3, 0.4) is 0 Å². The number of Topliss-reactive ketones (excluding diaryl/α,β-unsaturated/α-hetero) is 1. The van der Waals surface area contributed by atoms with Gasteiger partial charge in [-0.05, 0) is 69.5 Å². The number of imide groups is 1. The molecule has 0 radical (unpaired) electrons. The second kappa shape index (κ2) is 7.62. The van der Waals surface area contributed by atoms with Gasteiger partial charge in [0.25, 0.3) is 11.8 Å². The van der Waals surface area contributed by atoms with Crippen LogP contribution >= 0.6 is 0 Å². The number of benzene rings is 2. The number of ether oxygens (including phenoxy) is 1. The Morgan fingerprint density at radius 1 is 0.862 bits per heavy atom. The summed E-state index contributed by atoms with van der Waals surface area (Å²) in [7, 11) is 0. The first-order valence-corrected chi connectivity index (χ1v) is 9.43. The zero-order valence-electron chi connectivity index (χ0n) is 17.1. The van der Waals surface area contributed by atoms with Crippen LogP contribution in [0.5, 0.6) is 0 Å². The van der Waals surface area contributed by atoms with Crippen LogP contribution in [0, 0.1) is 20.8 Å². The second-order valence-electron chi connectivity index (χ2n) is 7.40. The molecular formula is C23H23NO5. The van der Waals surface area contributed by atoms with Gasteiger partial charge in [0, 0.05) is 5.56 Å². The van der Waals surface area contributed by atoms with Gasteiger partial charge in [-0.25, -0.2) is 4.79 Å². The summed E-state index contributed by atoms with van der Waals surface area (Å²) in [6.07, 6.45) is -1.04. The minimum absolute atomic E-state index is 0.257. The van der Waals surface area contributed by atoms with E-state index in [0.29, 0.717) is 5.56 Å². The Kier molecular flexibility index (Phi) is 5.38. The molecule has 0 spiro atoms. The average Bonchev–Trinajstić information content (AvgIpc) is 2.94. The van der Waals surface area contributed by atoms with E-state index in [0.717, 1.165) is 21.6 Å². The van der Waals surface area contributed by atoms with Crippen LogP contribution in [0.15, 0.2) is 36.4 Å². The summed E-state index contributed by atoms with van der Waals surface area (Å²) in [5, 5.41) is 0. The average molecular weight is 393 g/mol. The number of ketones is 1. The molecule has 6 heteroatoms. The molecule has 0 unspecified atom stereocenters. The Hall–Kier alpha value is -3.28. The minimum Gasteiger partial charge on any atom is -0.453 e. The molecule has 0 bridgehead atoms. The second-order valence-corrected chi connectivity index (χ2v) is 7.40. The Bertz CT molecular complexity index is 1000. The number of carbonyl (C=O) groups excluding carboxylic acids is 4. The quantitative estimate of drug-likeness (QED) is 0.442. The molecule has 2 aromatic rings. The van der Waals surface area contributed by atoms with Gasteiger partial charge in [0.2, 0.25) is 5.78 Å². The fourth-order valence-corrected chi connectivity index (χ4v) is 3.44. The summed E-state index contributed by atoms with van der Waals surface area (Å²) in [6.45, 7) is 8.61. The van der Waals surface area contributed by atoms with E-state index in [9.17, 15) is 19.2 Å². The van der Waals surface area contributed by atoms with Gasteiger partial charge in [-0.2, -0.15) is 0 Å². The fourth-order valence-electron chi connectivity index (χ4n) is 3.44. The van der Waals surface area contributed by atoms with E-state index < -0.39 is 29.9 Å². The van der Waals surface area contributed by atoms with E-state index in [1.165, 1.54) is 13.8 Å². The van der Waals surface area contributed by atoms with Gasteiger partial charge in [-0.15, -0.1) is 0 Å². The molecule has 0 aromatic heterocycles. The Morgan fingerprint density at radius 2 is 1.38 bits per heavy atom. The smallest absolute Gasteiger partial charge is 0.329 e. The summed E-state index contributed by atoms with van der Waals surface area (Å²) >= 11 is 0. The maximum atomic E-state index is 12.8. The molecule has 29 heavy (non-hydrogen) atoms. The van der Waals surface area contributed by atoms with E-state index in [2.05, 4.69) is 0 Å². The number of fused-ring (bicyclic) bond motifs is 1. The van der Waals surface area contributed by atoms with E-state index in [1.807, 2.05) is 26.8 Å². The van der Waals surface area contributed by atoms with E-state index in [1.54, 1.807) is 30.3 Å². The minimum atomic E-state index is -1.14. The summed E-state index contributed by atoms with van der Waals surface area (Å²) < 4.78 is 5.33. The lowest BCUT2D eigenvalue weighted by Gasteiger charge is -2.23. The molecule has 2 amide bonds. The van der Waals surface area contributed by atoms with Crippen molar-refractivity contribution in [3.05, 3.63) is 69.8 Å². The van der Waals surface area contributed by atoms with Crippen molar-refractivity contribution in [1.29, 1.82) is 0 Å². The zero-order chi connectivity index (χ0) is 21.5.